The van der Waals surface area contributed by atoms with Gasteiger partial charge in [0.25, 0.3) is 11.5 Å². The zero-order valence-electron chi connectivity index (χ0n) is 21.9. The zero-order valence-corrected chi connectivity index (χ0v) is 23.5. The number of pyridine rings is 2. The van der Waals surface area contributed by atoms with Gasteiger partial charge in [-0.3, -0.25) is 23.9 Å². The molecule has 0 fully saturated rings. The number of ketones is 1. The van der Waals surface area contributed by atoms with Crippen molar-refractivity contribution in [2.45, 2.75) is 33.9 Å². The summed E-state index contributed by atoms with van der Waals surface area (Å²) in [6, 6.07) is 14.0. The number of nitrogens with one attached hydrogen (secondary N) is 1. The van der Waals surface area contributed by atoms with E-state index in [4.69, 9.17) is 16.1 Å². The summed E-state index contributed by atoms with van der Waals surface area (Å²) < 4.78 is 8.10. The molecule has 0 bridgehead atoms. The molecule has 12 heteroatoms. The van der Waals surface area contributed by atoms with Crippen LogP contribution in [0.3, 0.4) is 0 Å². The Labute approximate surface area is 238 Å². The number of aromatic nitrogens is 5. The predicted molar refractivity (Wildman–Crippen MR) is 153 cm³/mol. The number of hydrogen-bond acceptors (Lipinski definition) is 9. The quantitative estimate of drug-likeness (QED) is 0.235. The number of carbonyl (C=O) groups is 2. The first-order chi connectivity index (χ1) is 19.1. The molecule has 5 heterocycles. The second kappa shape index (κ2) is 11.0. The Kier molecular flexibility index (Phi) is 7.51. The van der Waals surface area contributed by atoms with Gasteiger partial charge in [0.1, 0.15) is 17.8 Å². The summed E-state index contributed by atoms with van der Waals surface area (Å²) in [4.78, 5) is 45.5. The SMILES string of the molecule is CC(C)(C)C(=O)n1nc(-c2ccc(-c3ccccn3)c(=O)n2CC(=O)c2cnoc2)cc1NCc1ccc(Cl)s1. The average molecular weight is 577 g/mol. The molecule has 40 heavy (non-hydrogen) atoms. The van der Waals surface area contributed by atoms with E-state index < -0.39 is 11.0 Å². The van der Waals surface area contributed by atoms with E-state index in [1.807, 2.05) is 6.07 Å². The second-order valence-corrected chi connectivity index (χ2v) is 11.8. The van der Waals surface area contributed by atoms with E-state index in [2.05, 4.69) is 20.6 Å². The molecule has 0 amide bonds. The maximum atomic E-state index is 13.8. The van der Waals surface area contributed by atoms with E-state index in [0.29, 0.717) is 39.3 Å². The molecule has 0 aromatic carbocycles. The molecular formula is C28H25ClN6O4S. The van der Waals surface area contributed by atoms with E-state index in [1.165, 1.54) is 33.0 Å². The third kappa shape index (κ3) is 5.65. The molecule has 5 aromatic rings. The summed E-state index contributed by atoms with van der Waals surface area (Å²) in [6.07, 6.45) is 4.12. The molecular weight excluding hydrogens is 552 g/mol. The van der Waals surface area contributed by atoms with E-state index in [0.717, 1.165) is 4.88 Å². The highest BCUT2D eigenvalue weighted by Crippen LogP contribution is 2.28. The molecule has 0 aliphatic heterocycles. The third-order valence-electron chi connectivity index (χ3n) is 6.05. The Balaban J connectivity index is 1.62. The molecule has 0 aliphatic carbocycles. The lowest BCUT2D eigenvalue weighted by molar-refractivity contribution is 0.0752. The molecule has 5 rings (SSSR count). The first kappa shape index (κ1) is 27.2. The van der Waals surface area contributed by atoms with Crippen LogP contribution in [-0.2, 0) is 13.1 Å². The highest BCUT2D eigenvalue weighted by atomic mass is 35.5. The van der Waals surface area contributed by atoms with Gasteiger partial charge < -0.3 is 9.84 Å². The van der Waals surface area contributed by atoms with Gasteiger partial charge in [-0.05, 0) is 36.4 Å². The maximum absolute atomic E-state index is 13.8. The predicted octanol–water partition coefficient (Wildman–Crippen LogP) is 5.66. The molecule has 0 aliphatic rings. The Morgan fingerprint density at radius 2 is 1.93 bits per heavy atom. The molecule has 0 unspecified atom stereocenters. The number of Topliss-reactive ketones (excluding diaryl/α,β-unsaturated/α-hetero) is 1. The van der Waals surface area contributed by atoms with E-state index in [1.54, 1.807) is 69.4 Å². The van der Waals surface area contributed by atoms with Gasteiger partial charge in [0, 0.05) is 22.6 Å². The lowest BCUT2D eigenvalue weighted by Crippen LogP contribution is -2.29. The number of nitrogens with zero attached hydrogens (tertiary/aromatic N) is 5. The number of carbonyl (C=O) groups excluding carboxylic acids is 2. The fourth-order valence-corrected chi connectivity index (χ4v) is 5.01. The third-order valence-corrected chi connectivity index (χ3v) is 7.28. The molecule has 204 valence electrons. The van der Waals surface area contributed by atoms with Crippen LogP contribution in [0, 0.1) is 5.41 Å². The van der Waals surface area contributed by atoms with Gasteiger partial charge in [-0.1, -0.05) is 43.6 Å². The highest BCUT2D eigenvalue weighted by molar-refractivity contribution is 7.16. The molecule has 1 N–H and O–H groups in total. The van der Waals surface area contributed by atoms with Crippen LogP contribution < -0.4 is 10.9 Å². The van der Waals surface area contributed by atoms with Crippen LogP contribution in [0.25, 0.3) is 22.6 Å². The van der Waals surface area contributed by atoms with Crippen LogP contribution in [0.15, 0.2) is 76.5 Å². The molecule has 0 atom stereocenters. The van der Waals surface area contributed by atoms with Crippen LogP contribution >= 0.6 is 22.9 Å². The molecule has 0 saturated carbocycles. The Hall–Kier alpha value is -4.35. The largest absolute Gasteiger partial charge is 0.365 e. The number of anilines is 1. The summed E-state index contributed by atoms with van der Waals surface area (Å²) in [5.74, 6) is -0.177. The summed E-state index contributed by atoms with van der Waals surface area (Å²) in [5, 5.41) is 11.5. The summed E-state index contributed by atoms with van der Waals surface area (Å²) in [7, 11) is 0. The number of rotatable bonds is 8. The molecule has 0 spiro atoms. The Morgan fingerprint density at radius 1 is 1.10 bits per heavy atom. The van der Waals surface area contributed by atoms with Gasteiger partial charge in [0.2, 0.25) is 0 Å². The standard InChI is InChI=1S/C28H25ClN6O4S/c1-28(2,3)27(38)35-25(31-14-18-7-10-24(29)40-18)12-21(33-35)22-9-8-19(20-6-4-5-11-30-20)26(37)34(22)15-23(36)17-13-32-39-16-17/h4-13,16,31H,14-15H2,1-3H3. The fraction of sp³-hybridized carbons (Fsp3) is 0.214. The van der Waals surface area contributed by atoms with Crippen molar-refractivity contribution in [2.24, 2.45) is 5.41 Å². The molecule has 10 nitrogen and oxygen atoms in total. The van der Waals surface area contributed by atoms with Gasteiger partial charge in [0.15, 0.2) is 5.78 Å². The topological polar surface area (TPSA) is 125 Å². The van der Waals surface area contributed by atoms with Crippen molar-refractivity contribution < 1.29 is 14.1 Å². The average Bonchev–Trinajstić information content (AvgIpc) is 3.69. The van der Waals surface area contributed by atoms with Crippen molar-refractivity contribution in [3.63, 3.8) is 0 Å². The number of hydrogen-bond donors (Lipinski definition) is 1. The van der Waals surface area contributed by atoms with Crippen molar-refractivity contribution in [1.29, 1.82) is 0 Å². The van der Waals surface area contributed by atoms with Crippen molar-refractivity contribution in [1.82, 2.24) is 24.5 Å². The first-order valence-electron chi connectivity index (χ1n) is 12.3. The van der Waals surface area contributed by atoms with Crippen LogP contribution in [0.4, 0.5) is 5.82 Å². The monoisotopic (exact) mass is 576 g/mol. The van der Waals surface area contributed by atoms with Gasteiger partial charge >= 0.3 is 0 Å². The molecule has 5 aromatic heterocycles. The van der Waals surface area contributed by atoms with Crippen LogP contribution in [0.1, 0.15) is 40.8 Å². The fourth-order valence-electron chi connectivity index (χ4n) is 3.98. The van der Waals surface area contributed by atoms with E-state index >= 15 is 0 Å². The van der Waals surface area contributed by atoms with Crippen LogP contribution in [0.2, 0.25) is 4.34 Å². The van der Waals surface area contributed by atoms with Crippen molar-refractivity contribution >= 4 is 40.4 Å². The summed E-state index contributed by atoms with van der Waals surface area (Å²) >= 11 is 7.51. The molecule has 0 radical (unpaired) electrons. The minimum absolute atomic E-state index is 0.228. The lowest BCUT2D eigenvalue weighted by Gasteiger charge is -2.18. The number of halogens is 1. The minimum Gasteiger partial charge on any atom is -0.365 e. The normalized spacial score (nSPS) is 11.5. The van der Waals surface area contributed by atoms with Gasteiger partial charge in [-0.15, -0.1) is 11.3 Å². The van der Waals surface area contributed by atoms with E-state index in [9.17, 15) is 14.4 Å². The smallest absolute Gasteiger partial charge is 0.260 e. The van der Waals surface area contributed by atoms with Gasteiger partial charge in [0.05, 0.1) is 46.1 Å². The summed E-state index contributed by atoms with van der Waals surface area (Å²) in [5.41, 5.74) is 0.547. The lowest BCUT2D eigenvalue weighted by atomic mass is 9.96. The van der Waals surface area contributed by atoms with Crippen molar-refractivity contribution in [3.05, 3.63) is 92.3 Å². The minimum atomic E-state index is -0.737. The summed E-state index contributed by atoms with van der Waals surface area (Å²) in [6.45, 7) is 5.52. The second-order valence-electron chi connectivity index (χ2n) is 10.0. The van der Waals surface area contributed by atoms with Crippen LogP contribution in [0.5, 0.6) is 0 Å². The Bertz CT molecular complexity index is 1730. The zero-order chi connectivity index (χ0) is 28.4. The maximum Gasteiger partial charge on any atom is 0.260 e. The molecule has 0 saturated heterocycles. The van der Waals surface area contributed by atoms with Gasteiger partial charge in [-0.2, -0.15) is 9.78 Å². The van der Waals surface area contributed by atoms with Crippen molar-refractivity contribution in [2.75, 3.05) is 5.32 Å². The number of thiophene rings is 1. The first-order valence-corrected chi connectivity index (χ1v) is 13.5. The van der Waals surface area contributed by atoms with E-state index in [-0.39, 0.29) is 23.8 Å². The van der Waals surface area contributed by atoms with Crippen LogP contribution in [-0.4, -0.2) is 36.2 Å². The highest BCUT2D eigenvalue weighted by Gasteiger charge is 2.28. The van der Waals surface area contributed by atoms with Crippen molar-refractivity contribution in [3.8, 4) is 22.6 Å². The van der Waals surface area contributed by atoms with Gasteiger partial charge in [-0.25, -0.2) is 0 Å². The Morgan fingerprint density at radius 3 is 2.58 bits per heavy atom.